The molecule has 1 rings (SSSR count). The van der Waals surface area contributed by atoms with Crippen LogP contribution in [0.25, 0.3) is 0 Å². The van der Waals surface area contributed by atoms with Crippen molar-refractivity contribution in [3.8, 4) is 0 Å². The molecule has 0 bridgehead atoms. The van der Waals surface area contributed by atoms with Crippen LogP contribution in [-0.2, 0) is 4.74 Å². The van der Waals surface area contributed by atoms with Gasteiger partial charge in [-0.05, 0) is 31.4 Å². The molecule has 0 aliphatic heterocycles. The van der Waals surface area contributed by atoms with E-state index in [2.05, 4.69) is 6.26 Å². The molecule has 0 unspecified atom stereocenters. The van der Waals surface area contributed by atoms with Crippen molar-refractivity contribution in [1.29, 1.82) is 0 Å². The van der Waals surface area contributed by atoms with E-state index in [0.29, 0.717) is 17.9 Å². The standard InChI is InChI=1S/C13H20N2O2S/c1-4-17-13(16)11-9-10(14)5-6-12(11)15(2)7-8-18-3/h5-6,9H,4,7-8,14H2,1-3H3. The second kappa shape index (κ2) is 7.16. The summed E-state index contributed by atoms with van der Waals surface area (Å²) < 4.78 is 5.05. The summed E-state index contributed by atoms with van der Waals surface area (Å²) >= 11 is 1.77. The summed E-state index contributed by atoms with van der Waals surface area (Å²) in [4.78, 5) is 13.9. The van der Waals surface area contributed by atoms with E-state index < -0.39 is 0 Å². The van der Waals surface area contributed by atoms with Crippen LogP contribution in [0.5, 0.6) is 0 Å². The van der Waals surface area contributed by atoms with E-state index >= 15 is 0 Å². The van der Waals surface area contributed by atoms with Crippen molar-refractivity contribution in [2.45, 2.75) is 6.92 Å². The number of nitrogen functional groups attached to an aromatic ring is 1. The van der Waals surface area contributed by atoms with Crippen molar-refractivity contribution in [3.63, 3.8) is 0 Å². The molecule has 0 amide bonds. The van der Waals surface area contributed by atoms with Gasteiger partial charge in [0.2, 0.25) is 0 Å². The molecule has 0 aliphatic rings. The van der Waals surface area contributed by atoms with Crippen molar-refractivity contribution in [3.05, 3.63) is 23.8 Å². The molecule has 0 heterocycles. The van der Waals surface area contributed by atoms with Crippen LogP contribution in [0, 0.1) is 0 Å². The van der Waals surface area contributed by atoms with Gasteiger partial charge in [0, 0.05) is 25.0 Å². The number of ether oxygens (including phenoxy) is 1. The lowest BCUT2D eigenvalue weighted by Gasteiger charge is -2.21. The first-order valence-electron chi connectivity index (χ1n) is 5.86. The van der Waals surface area contributed by atoms with Crippen LogP contribution >= 0.6 is 11.8 Å². The second-order valence-corrected chi connectivity index (χ2v) is 4.90. The fourth-order valence-electron chi connectivity index (χ4n) is 1.61. The average molecular weight is 268 g/mol. The molecular formula is C13H20N2O2S. The highest BCUT2D eigenvalue weighted by Gasteiger charge is 2.15. The Labute approximate surface area is 112 Å². The van der Waals surface area contributed by atoms with Crippen molar-refractivity contribution < 1.29 is 9.53 Å². The van der Waals surface area contributed by atoms with E-state index in [-0.39, 0.29) is 5.97 Å². The number of thioether (sulfide) groups is 1. The van der Waals surface area contributed by atoms with Crippen LogP contribution in [-0.4, -0.2) is 38.2 Å². The molecule has 0 spiro atoms. The molecule has 1 aromatic carbocycles. The minimum atomic E-state index is -0.323. The molecular weight excluding hydrogens is 248 g/mol. The second-order valence-electron chi connectivity index (χ2n) is 3.91. The van der Waals surface area contributed by atoms with E-state index in [1.807, 2.05) is 18.0 Å². The highest BCUT2D eigenvalue weighted by atomic mass is 32.2. The number of nitrogens with two attached hydrogens (primary N) is 1. The number of hydrogen-bond acceptors (Lipinski definition) is 5. The summed E-state index contributed by atoms with van der Waals surface area (Å²) in [7, 11) is 1.96. The highest BCUT2D eigenvalue weighted by Crippen LogP contribution is 2.23. The molecule has 0 aliphatic carbocycles. The Hall–Kier alpha value is -1.36. The smallest absolute Gasteiger partial charge is 0.340 e. The predicted molar refractivity (Wildman–Crippen MR) is 78.5 cm³/mol. The summed E-state index contributed by atoms with van der Waals surface area (Å²) in [6.07, 6.45) is 2.06. The normalized spacial score (nSPS) is 10.2. The van der Waals surface area contributed by atoms with Gasteiger partial charge in [-0.25, -0.2) is 4.79 Å². The quantitative estimate of drug-likeness (QED) is 0.633. The van der Waals surface area contributed by atoms with Crippen LogP contribution in [0.4, 0.5) is 11.4 Å². The van der Waals surface area contributed by atoms with Crippen molar-refractivity contribution >= 4 is 29.1 Å². The Morgan fingerprint density at radius 3 is 2.83 bits per heavy atom. The molecule has 5 heteroatoms. The minimum absolute atomic E-state index is 0.323. The number of hydrogen-bond donors (Lipinski definition) is 1. The van der Waals surface area contributed by atoms with Gasteiger partial charge in [-0.15, -0.1) is 0 Å². The van der Waals surface area contributed by atoms with Gasteiger partial charge in [0.05, 0.1) is 17.9 Å². The predicted octanol–water partition coefficient (Wildman–Crippen LogP) is 2.24. The van der Waals surface area contributed by atoms with Gasteiger partial charge in [-0.3, -0.25) is 0 Å². The molecule has 0 aromatic heterocycles. The third kappa shape index (κ3) is 3.84. The highest BCUT2D eigenvalue weighted by molar-refractivity contribution is 7.98. The monoisotopic (exact) mass is 268 g/mol. The lowest BCUT2D eigenvalue weighted by atomic mass is 10.1. The molecule has 18 heavy (non-hydrogen) atoms. The Kier molecular flexibility index (Phi) is 5.85. The van der Waals surface area contributed by atoms with Gasteiger partial charge < -0.3 is 15.4 Å². The maximum Gasteiger partial charge on any atom is 0.340 e. The fraction of sp³-hybridized carbons (Fsp3) is 0.462. The molecule has 1 aromatic rings. The summed E-state index contributed by atoms with van der Waals surface area (Å²) in [5.41, 5.74) is 7.69. The minimum Gasteiger partial charge on any atom is -0.462 e. The molecule has 100 valence electrons. The molecule has 2 N–H and O–H groups in total. The number of rotatable bonds is 6. The van der Waals surface area contributed by atoms with E-state index in [9.17, 15) is 4.79 Å². The van der Waals surface area contributed by atoms with E-state index in [1.165, 1.54) is 0 Å². The first kappa shape index (κ1) is 14.7. The van der Waals surface area contributed by atoms with Crippen LogP contribution in [0.3, 0.4) is 0 Å². The van der Waals surface area contributed by atoms with Crippen LogP contribution in [0.2, 0.25) is 0 Å². The number of esters is 1. The lowest BCUT2D eigenvalue weighted by molar-refractivity contribution is 0.0527. The summed E-state index contributed by atoms with van der Waals surface area (Å²) in [5.74, 6) is 0.680. The number of carbonyl (C=O) groups is 1. The number of nitrogens with zero attached hydrogens (tertiary/aromatic N) is 1. The van der Waals surface area contributed by atoms with E-state index in [0.717, 1.165) is 18.0 Å². The zero-order chi connectivity index (χ0) is 13.5. The van der Waals surface area contributed by atoms with Crippen molar-refractivity contribution in [2.75, 3.05) is 42.8 Å². The van der Waals surface area contributed by atoms with Gasteiger partial charge in [-0.1, -0.05) is 0 Å². The Balaban J connectivity index is 2.98. The van der Waals surface area contributed by atoms with Gasteiger partial charge in [0.1, 0.15) is 0 Å². The average Bonchev–Trinajstić information content (AvgIpc) is 2.36. The zero-order valence-corrected chi connectivity index (χ0v) is 11.9. The van der Waals surface area contributed by atoms with Gasteiger partial charge >= 0.3 is 5.97 Å². The molecule has 0 saturated carbocycles. The third-order valence-electron chi connectivity index (χ3n) is 2.56. The zero-order valence-electron chi connectivity index (χ0n) is 11.1. The summed E-state index contributed by atoms with van der Waals surface area (Å²) in [6, 6.07) is 5.33. The fourth-order valence-corrected chi connectivity index (χ4v) is 2.06. The van der Waals surface area contributed by atoms with Gasteiger partial charge in [-0.2, -0.15) is 11.8 Å². The number of carbonyl (C=O) groups excluding carboxylic acids is 1. The molecule has 0 saturated heterocycles. The molecule has 4 nitrogen and oxygen atoms in total. The number of benzene rings is 1. The van der Waals surface area contributed by atoms with Crippen LogP contribution in [0.1, 0.15) is 17.3 Å². The number of anilines is 2. The Morgan fingerprint density at radius 1 is 1.50 bits per heavy atom. The molecule has 0 atom stereocenters. The largest absolute Gasteiger partial charge is 0.462 e. The lowest BCUT2D eigenvalue weighted by Crippen LogP contribution is -2.23. The topological polar surface area (TPSA) is 55.6 Å². The Morgan fingerprint density at radius 2 is 2.22 bits per heavy atom. The molecule has 0 fully saturated rings. The summed E-state index contributed by atoms with van der Waals surface area (Å²) in [5, 5.41) is 0. The van der Waals surface area contributed by atoms with Crippen LogP contribution in [0.15, 0.2) is 18.2 Å². The van der Waals surface area contributed by atoms with Crippen molar-refractivity contribution in [1.82, 2.24) is 0 Å². The maximum absolute atomic E-state index is 11.9. The first-order chi connectivity index (χ1) is 8.60. The third-order valence-corrected chi connectivity index (χ3v) is 3.15. The van der Waals surface area contributed by atoms with Gasteiger partial charge in [0.25, 0.3) is 0 Å². The van der Waals surface area contributed by atoms with E-state index in [1.54, 1.807) is 30.8 Å². The van der Waals surface area contributed by atoms with E-state index in [4.69, 9.17) is 10.5 Å². The first-order valence-corrected chi connectivity index (χ1v) is 7.26. The molecule has 0 radical (unpaired) electrons. The Bertz CT molecular complexity index is 410. The summed E-state index contributed by atoms with van der Waals surface area (Å²) in [6.45, 7) is 3.03. The SMILES string of the molecule is CCOC(=O)c1cc(N)ccc1N(C)CCSC. The van der Waals surface area contributed by atoms with Crippen molar-refractivity contribution in [2.24, 2.45) is 0 Å². The van der Waals surface area contributed by atoms with Crippen LogP contribution < -0.4 is 10.6 Å². The maximum atomic E-state index is 11.9. The van der Waals surface area contributed by atoms with Gasteiger partial charge in [0.15, 0.2) is 0 Å².